The summed E-state index contributed by atoms with van der Waals surface area (Å²) in [6.07, 6.45) is 2.34. The van der Waals surface area contributed by atoms with E-state index in [0.717, 1.165) is 18.7 Å². The van der Waals surface area contributed by atoms with Gasteiger partial charge in [0, 0.05) is 17.5 Å². The van der Waals surface area contributed by atoms with Gasteiger partial charge in [0.25, 0.3) is 0 Å². The van der Waals surface area contributed by atoms with Crippen LogP contribution in [-0.4, -0.2) is 17.5 Å². The molecule has 1 unspecified atom stereocenters. The highest BCUT2D eigenvalue weighted by Gasteiger charge is 1.99. The van der Waals surface area contributed by atoms with E-state index in [4.69, 9.17) is 11.5 Å². The van der Waals surface area contributed by atoms with Crippen molar-refractivity contribution in [2.45, 2.75) is 25.0 Å². The number of rotatable bonds is 6. The third kappa shape index (κ3) is 5.09. The minimum atomic E-state index is 0.580. The van der Waals surface area contributed by atoms with Crippen LogP contribution in [0.4, 0.5) is 5.69 Å². The largest absolute Gasteiger partial charge is 0.399 e. The van der Waals surface area contributed by atoms with Gasteiger partial charge in [0.1, 0.15) is 0 Å². The molecule has 1 atom stereocenters. The first-order chi connectivity index (χ1) is 7.22. The molecule has 4 N–H and O–H groups in total. The molecule has 1 aromatic carbocycles. The molecule has 0 radical (unpaired) electrons. The average Bonchev–Trinajstić information content (AvgIpc) is 2.26. The van der Waals surface area contributed by atoms with Crippen LogP contribution >= 0.6 is 11.8 Å². The molecule has 1 aromatic rings. The van der Waals surface area contributed by atoms with Crippen LogP contribution in [0.15, 0.2) is 24.3 Å². The smallest absolute Gasteiger partial charge is 0.0314 e. The molecule has 0 heterocycles. The Balaban J connectivity index is 2.17. The molecule has 15 heavy (non-hydrogen) atoms. The van der Waals surface area contributed by atoms with Gasteiger partial charge in [-0.1, -0.05) is 19.1 Å². The SMILES string of the molecule is CC(CN)SCCCc1ccc(N)cc1. The second-order valence-electron chi connectivity index (χ2n) is 3.76. The van der Waals surface area contributed by atoms with E-state index in [2.05, 4.69) is 19.1 Å². The molecule has 0 aliphatic carbocycles. The fraction of sp³-hybridized carbons (Fsp3) is 0.500. The van der Waals surface area contributed by atoms with E-state index in [9.17, 15) is 0 Å². The summed E-state index contributed by atoms with van der Waals surface area (Å²) >= 11 is 1.95. The van der Waals surface area contributed by atoms with Crippen molar-refractivity contribution in [1.29, 1.82) is 0 Å². The van der Waals surface area contributed by atoms with Gasteiger partial charge >= 0.3 is 0 Å². The summed E-state index contributed by atoms with van der Waals surface area (Å²) in [5.74, 6) is 1.18. The molecule has 2 nitrogen and oxygen atoms in total. The number of hydrogen-bond acceptors (Lipinski definition) is 3. The van der Waals surface area contributed by atoms with Crippen LogP contribution in [0, 0.1) is 0 Å². The normalized spacial score (nSPS) is 12.7. The summed E-state index contributed by atoms with van der Waals surface area (Å²) in [7, 11) is 0. The minimum Gasteiger partial charge on any atom is -0.399 e. The highest BCUT2D eigenvalue weighted by atomic mass is 32.2. The lowest BCUT2D eigenvalue weighted by atomic mass is 10.1. The number of nitrogens with two attached hydrogens (primary N) is 2. The van der Waals surface area contributed by atoms with E-state index in [-0.39, 0.29) is 0 Å². The summed E-state index contributed by atoms with van der Waals surface area (Å²) in [4.78, 5) is 0. The van der Waals surface area contributed by atoms with E-state index >= 15 is 0 Å². The Hall–Kier alpha value is -0.670. The van der Waals surface area contributed by atoms with Crippen LogP contribution < -0.4 is 11.5 Å². The highest BCUT2D eigenvalue weighted by molar-refractivity contribution is 7.99. The quantitative estimate of drug-likeness (QED) is 0.576. The fourth-order valence-corrected chi connectivity index (χ4v) is 2.16. The van der Waals surface area contributed by atoms with Crippen molar-refractivity contribution in [3.8, 4) is 0 Å². The molecule has 0 saturated heterocycles. The maximum absolute atomic E-state index is 5.62. The highest BCUT2D eigenvalue weighted by Crippen LogP contribution is 2.13. The standard InChI is InChI=1S/C12H20N2S/c1-10(9-13)15-8-2-3-11-4-6-12(14)7-5-11/h4-7,10H,2-3,8-9,13-14H2,1H3. The zero-order valence-electron chi connectivity index (χ0n) is 9.28. The molecular weight excluding hydrogens is 204 g/mol. The minimum absolute atomic E-state index is 0.580. The molecule has 0 bridgehead atoms. The number of thioether (sulfide) groups is 1. The third-order valence-electron chi connectivity index (χ3n) is 2.32. The number of anilines is 1. The molecule has 0 aliphatic heterocycles. The molecule has 0 aliphatic rings. The van der Waals surface area contributed by atoms with Crippen molar-refractivity contribution in [1.82, 2.24) is 0 Å². The number of aryl methyl sites for hydroxylation is 1. The third-order valence-corrected chi connectivity index (χ3v) is 3.61. The van der Waals surface area contributed by atoms with Gasteiger partial charge in [0.15, 0.2) is 0 Å². The van der Waals surface area contributed by atoms with Gasteiger partial charge in [-0.15, -0.1) is 0 Å². The predicted molar refractivity (Wildman–Crippen MR) is 70.1 cm³/mol. The Kier molecular flexibility index (Phi) is 5.58. The topological polar surface area (TPSA) is 52.0 Å². The summed E-state index contributed by atoms with van der Waals surface area (Å²) in [6, 6.07) is 8.13. The van der Waals surface area contributed by atoms with Gasteiger partial charge in [-0.25, -0.2) is 0 Å². The van der Waals surface area contributed by atoms with Gasteiger partial charge in [-0.05, 0) is 36.3 Å². The molecule has 0 aromatic heterocycles. The average molecular weight is 224 g/mol. The fourth-order valence-electron chi connectivity index (χ4n) is 1.31. The van der Waals surface area contributed by atoms with Crippen molar-refractivity contribution in [3.05, 3.63) is 29.8 Å². The summed E-state index contributed by atoms with van der Waals surface area (Å²) in [6.45, 7) is 2.94. The molecule has 0 spiro atoms. The Bertz CT molecular complexity index is 271. The first-order valence-electron chi connectivity index (χ1n) is 5.38. The van der Waals surface area contributed by atoms with E-state index in [0.29, 0.717) is 5.25 Å². The molecular formula is C12H20N2S. The van der Waals surface area contributed by atoms with Crippen LogP contribution in [0.2, 0.25) is 0 Å². The Morgan fingerprint density at radius 3 is 2.53 bits per heavy atom. The van der Waals surface area contributed by atoms with Gasteiger partial charge < -0.3 is 11.5 Å². The Morgan fingerprint density at radius 2 is 1.93 bits per heavy atom. The van der Waals surface area contributed by atoms with E-state index < -0.39 is 0 Å². The number of hydrogen-bond donors (Lipinski definition) is 2. The molecule has 84 valence electrons. The van der Waals surface area contributed by atoms with Crippen molar-refractivity contribution in [2.75, 3.05) is 18.0 Å². The Morgan fingerprint density at radius 1 is 1.27 bits per heavy atom. The molecule has 0 saturated carbocycles. The zero-order valence-corrected chi connectivity index (χ0v) is 10.1. The Labute approximate surface area is 96.4 Å². The van der Waals surface area contributed by atoms with Crippen molar-refractivity contribution in [2.24, 2.45) is 5.73 Å². The lowest BCUT2D eigenvalue weighted by Gasteiger charge is -2.07. The molecule has 1 rings (SSSR count). The van der Waals surface area contributed by atoms with Crippen molar-refractivity contribution >= 4 is 17.4 Å². The van der Waals surface area contributed by atoms with Crippen LogP contribution in [0.5, 0.6) is 0 Å². The van der Waals surface area contributed by atoms with Gasteiger partial charge in [-0.3, -0.25) is 0 Å². The second-order valence-corrected chi connectivity index (χ2v) is 5.31. The zero-order chi connectivity index (χ0) is 11.1. The van der Waals surface area contributed by atoms with Gasteiger partial charge in [0.2, 0.25) is 0 Å². The lowest BCUT2D eigenvalue weighted by molar-refractivity contribution is 0.912. The monoisotopic (exact) mass is 224 g/mol. The molecule has 0 fully saturated rings. The number of benzene rings is 1. The van der Waals surface area contributed by atoms with Crippen LogP contribution in [0.25, 0.3) is 0 Å². The predicted octanol–water partition coefficient (Wildman–Crippen LogP) is 2.28. The molecule has 0 amide bonds. The summed E-state index contributed by atoms with van der Waals surface area (Å²) < 4.78 is 0. The first kappa shape index (κ1) is 12.4. The lowest BCUT2D eigenvalue weighted by Crippen LogP contribution is -2.13. The second kappa shape index (κ2) is 6.75. The van der Waals surface area contributed by atoms with E-state index in [1.165, 1.54) is 17.7 Å². The maximum atomic E-state index is 5.62. The van der Waals surface area contributed by atoms with E-state index in [1.54, 1.807) is 0 Å². The molecule has 3 heteroatoms. The summed E-state index contributed by atoms with van der Waals surface area (Å²) in [5.41, 5.74) is 13.4. The first-order valence-corrected chi connectivity index (χ1v) is 6.43. The van der Waals surface area contributed by atoms with Crippen molar-refractivity contribution in [3.63, 3.8) is 0 Å². The van der Waals surface area contributed by atoms with Gasteiger partial charge in [0.05, 0.1) is 0 Å². The van der Waals surface area contributed by atoms with Crippen LogP contribution in [0.3, 0.4) is 0 Å². The van der Waals surface area contributed by atoms with Gasteiger partial charge in [-0.2, -0.15) is 11.8 Å². The van der Waals surface area contributed by atoms with Crippen molar-refractivity contribution < 1.29 is 0 Å². The van der Waals surface area contributed by atoms with E-state index in [1.807, 2.05) is 23.9 Å². The summed E-state index contributed by atoms with van der Waals surface area (Å²) in [5, 5.41) is 0.580. The van der Waals surface area contributed by atoms with Crippen LogP contribution in [-0.2, 0) is 6.42 Å². The number of nitrogen functional groups attached to an aromatic ring is 1. The maximum Gasteiger partial charge on any atom is 0.0314 e. The van der Waals surface area contributed by atoms with Crippen LogP contribution in [0.1, 0.15) is 18.9 Å².